The molecule has 1 fully saturated rings. The SMILES string of the molecule is CC1SCC(C(=O)O)N1C(=O)NCCc1ccnn1C. The van der Waals surface area contributed by atoms with Crippen LogP contribution in [0.15, 0.2) is 12.3 Å². The molecule has 0 bridgehead atoms. The summed E-state index contributed by atoms with van der Waals surface area (Å²) in [6.45, 7) is 2.30. The molecule has 2 rings (SSSR count). The van der Waals surface area contributed by atoms with Crippen molar-refractivity contribution in [3.63, 3.8) is 0 Å². The summed E-state index contributed by atoms with van der Waals surface area (Å²) < 4.78 is 1.75. The number of carbonyl (C=O) groups excluding carboxylic acids is 1. The van der Waals surface area contributed by atoms with E-state index in [1.165, 1.54) is 16.7 Å². The number of thioether (sulfide) groups is 1. The minimum Gasteiger partial charge on any atom is -0.480 e. The van der Waals surface area contributed by atoms with Crippen LogP contribution in [0.1, 0.15) is 12.6 Å². The van der Waals surface area contributed by atoms with Crippen LogP contribution < -0.4 is 5.32 Å². The Bertz CT molecular complexity index is 505. The highest BCUT2D eigenvalue weighted by atomic mass is 32.2. The molecule has 2 atom stereocenters. The zero-order chi connectivity index (χ0) is 14.7. The third-order valence-corrected chi connectivity index (χ3v) is 4.54. The zero-order valence-electron chi connectivity index (χ0n) is 11.4. The lowest BCUT2D eigenvalue weighted by molar-refractivity contribution is -0.141. The van der Waals surface area contributed by atoms with Gasteiger partial charge in [-0.05, 0) is 13.0 Å². The molecule has 0 saturated carbocycles. The topological polar surface area (TPSA) is 87.5 Å². The van der Waals surface area contributed by atoms with Crippen LogP contribution in [-0.2, 0) is 18.3 Å². The number of aliphatic carboxylic acids is 1. The van der Waals surface area contributed by atoms with Crippen molar-refractivity contribution in [1.82, 2.24) is 20.0 Å². The summed E-state index contributed by atoms with van der Waals surface area (Å²) in [6.07, 6.45) is 2.37. The summed E-state index contributed by atoms with van der Waals surface area (Å²) in [5, 5.41) is 15.8. The van der Waals surface area contributed by atoms with Gasteiger partial charge in [-0.25, -0.2) is 9.59 Å². The second kappa shape index (κ2) is 6.17. The van der Waals surface area contributed by atoms with Gasteiger partial charge in [0.05, 0.1) is 5.37 Å². The summed E-state index contributed by atoms with van der Waals surface area (Å²) in [6, 6.07) is 0.823. The molecule has 2 heterocycles. The number of carbonyl (C=O) groups is 2. The van der Waals surface area contributed by atoms with Crippen molar-refractivity contribution in [2.24, 2.45) is 7.05 Å². The van der Waals surface area contributed by atoms with Gasteiger partial charge in [0.1, 0.15) is 6.04 Å². The quantitative estimate of drug-likeness (QED) is 0.846. The molecule has 1 aliphatic heterocycles. The number of aryl methyl sites for hydroxylation is 1. The fraction of sp³-hybridized carbons (Fsp3) is 0.583. The molecule has 7 nitrogen and oxygen atoms in total. The molecule has 1 saturated heterocycles. The van der Waals surface area contributed by atoms with Crippen LogP contribution in [0.5, 0.6) is 0 Å². The van der Waals surface area contributed by atoms with Gasteiger partial charge in [-0.3, -0.25) is 9.58 Å². The fourth-order valence-corrected chi connectivity index (χ4v) is 3.34. The minimum absolute atomic E-state index is 0.118. The van der Waals surface area contributed by atoms with Gasteiger partial charge in [0.25, 0.3) is 0 Å². The maximum absolute atomic E-state index is 12.1. The van der Waals surface area contributed by atoms with Gasteiger partial charge in [-0.15, -0.1) is 11.8 Å². The van der Waals surface area contributed by atoms with E-state index in [0.29, 0.717) is 18.7 Å². The molecule has 2 N–H and O–H groups in total. The molecule has 2 amide bonds. The van der Waals surface area contributed by atoms with Crippen molar-refractivity contribution in [2.75, 3.05) is 12.3 Å². The van der Waals surface area contributed by atoms with Crippen molar-refractivity contribution < 1.29 is 14.7 Å². The summed E-state index contributed by atoms with van der Waals surface area (Å²) in [5.74, 6) is -0.519. The average Bonchev–Trinajstić information content (AvgIpc) is 2.96. The first-order valence-electron chi connectivity index (χ1n) is 6.38. The largest absolute Gasteiger partial charge is 0.480 e. The molecular weight excluding hydrogens is 280 g/mol. The van der Waals surface area contributed by atoms with Crippen LogP contribution in [0.4, 0.5) is 4.79 Å². The molecule has 8 heteroatoms. The van der Waals surface area contributed by atoms with E-state index >= 15 is 0 Å². The van der Waals surface area contributed by atoms with Crippen molar-refractivity contribution in [1.29, 1.82) is 0 Å². The highest BCUT2D eigenvalue weighted by molar-refractivity contribution is 8.00. The Morgan fingerprint density at radius 1 is 1.60 bits per heavy atom. The smallest absolute Gasteiger partial charge is 0.327 e. The molecule has 1 aromatic rings. The lowest BCUT2D eigenvalue weighted by Gasteiger charge is -2.25. The number of aromatic nitrogens is 2. The van der Waals surface area contributed by atoms with E-state index < -0.39 is 12.0 Å². The maximum atomic E-state index is 12.1. The number of amides is 2. The lowest BCUT2D eigenvalue weighted by Crippen LogP contribution is -2.49. The summed E-state index contributed by atoms with van der Waals surface area (Å²) in [4.78, 5) is 24.6. The zero-order valence-corrected chi connectivity index (χ0v) is 12.3. The number of hydrogen-bond donors (Lipinski definition) is 2. The molecule has 110 valence electrons. The monoisotopic (exact) mass is 298 g/mol. The average molecular weight is 298 g/mol. The Kier molecular flexibility index (Phi) is 4.53. The van der Waals surface area contributed by atoms with Crippen molar-refractivity contribution in [3.05, 3.63) is 18.0 Å². The van der Waals surface area contributed by atoms with E-state index in [0.717, 1.165) is 5.69 Å². The highest BCUT2D eigenvalue weighted by Crippen LogP contribution is 2.28. The third-order valence-electron chi connectivity index (χ3n) is 3.32. The minimum atomic E-state index is -0.955. The van der Waals surface area contributed by atoms with Crippen LogP contribution >= 0.6 is 11.8 Å². The summed E-state index contributed by atoms with van der Waals surface area (Å²) in [7, 11) is 1.84. The first-order chi connectivity index (χ1) is 9.50. The van der Waals surface area contributed by atoms with Gasteiger partial charge < -0.3 is 10.4 Å². The van der Waals surface area contributed by atoms with Gasteiger partial charge >= 0.3 is 12.0 Å². The standard InChI is InChI=1S/C12H18N4O3S/c1-8-16(10(7-20-8)11(17)18)12(19)13-5-3-9-4-6-14-15(9)2/h4,6,8,10H,3,5,7H2,1-2H3,(H,13,19)(H,17,18). The van der Waals surface area contributed by atoms with Gasteiger partial charge in [-0.2, -0.15) is 5.10 Å². The third kappa shape index (κ3) is 3.06. The summed E-state index contributed by atoms with van der Waals surface area (Å²) >= 11 is 1.47. The Morgan fingerprint density at radius 2 is 2.35 bits per heavy atom. The molecular formula is C12H18N4O3S. The predicted octanol–water partition coefficient (Wildman–Crippen LogP) is 0.520. The number of rotatable bonds is 4. The van der Waals surface area contributed by atoms with Crippen molar-refractivity contribution in [3.8, 4) is 0 Å². The molecule has 2 unspecified atom stereocenters. The van der Waals surface area contributed by atoms with Gasteiger partial charge in [0.2, 0.25) is 0 Å². The highest BCUT2D eigenvalue weighted by Gasteiger charge is 2.39. The van der Waals surface area contributed by atoms with E-state index in [4.69, 9.17) is 5.11 Å². The molecule has 0 aromatic carbocycles. The van der Waals surface area contributed by atoms with E-state index in [2.05, 4.69) is 10.4 Å². The van der Waals surface area contributed by atoms with Gasteiger partial charge in [0.15, 0.2) is 0 Å². The van der Waals surface area contributed by atoms with Gasteiger partial charge in [-0.1, -0.05) is 0 Å². The lowest BCUT2D eigenvalue weighted by atomic mass is 10.3. The number of nitrogens with zero attached hydrogens (tertiary/aromatic N) is 3. The second-order valence-corrected chi connectivity index (χ2v) is 5.97. The number of carboxylic acid groups (broad SMARTS) is 1. The fourth-order valence-electron chi connectivity index (χ4n) is 2.18. The van der Waals surface area contributed by atoms with E-state index in [-0.39, 0.29) is 11.4 Å². The van der Waals surface area contributed by atoms with E-state index in [1.54, 1.807) is 10.9 Å². The molecule has 20 heavy (non-hydrogen) atoms. The van der Waals surface area contributed by atoms with E-state index in [9.17, 15) is 9.59 Å². The molecule has 0 spiro atoms. The first-order valence-corrected chi connectivity index (χ1v) is 7.43. The first kappa shape index (κ1) is 14.7. The number of hydrogen-bond acceptors (Lipinski definition) is 4. The van der Waals surface area contributed by atoms with Crippen LogP contribution in [0.2, 0.25) is 0 Å². The Hall–Kier alpha value is -1.70. The van der Waals surface area contributed by atoms with Crippen LogP contribution in [0.25, 0.3) is 0 Å². The molecule has 1 aromatic heterocycles. The van der Waals surface area contributed by atoms with Crippen LogP contribution in [-0.4, -0.2) is 55.5 Å². The van der Waals surface area contributed by atoms with Crippen molar-refractivity contribution in [2.45, 2.75) is 24.8 Å². The Balaban J connectivity index is 1.88. The molecule has 0 aliphatic carbocycles. The van der Waals surface area contributed by atoms with Crippen molar-refractivity contribution >= 4 is 23.8 Å². The molecule has 1 aliphatic rings. The number of nitrogens with one attached hydrogen (secondary N) is 1. The maximum Gasteiger partial charge on any atom is 0.327 e. The number of carboxylic acids is 1. The van der Waals surface area contributed by atoms with E-state index in [1.807, 2.05) is 20.0 Å². The predicted molar refractivity (Wildman–Crippen MR) is 75.5 cm³/mol. The second-order valence-electron chi connectivity index (χ2n) is 4.62. The van der Waals surface area contributed by atoms with Gasteiger partial charge in [0, 0.05) is 37.7 Å². The normalized spacial score (nSPS) is 22.0. The van der Waals surface area contributed by atoms with Crippen LogP contribution in [0, 0.1) is 0 Å². The number of urea groups is 1. The Morgan fingerprint density at radius 3 is 2.95 bits per heavy atom. The summed E-state index contributed by atoms with van der Waals surface area (Å²) in [5.41, 5.74) is 1.02. The molecule has 0 radical (unpaired) electrons. The Labute approximate surface area is 121 Å². The van der Waals surface area contributed by atoms with Crippen LogP contribution in [0.3, 0.4) is 0 Å².